The second-order valence-electron chi connectivity index (χ2n) is 2.71. The highest BCUT2D eigenvalue weighted by Crippen LogP contribution is 2.37. The first-order valence-corrected chi connectivity index (χ1v) is 3.87. The van der Waals surface area contributed by atoms with E-state index in [1.54, 1.807) is 6.07 Å². The van der Waals surface area contributed by atoms with Gasteiger partial charge in [-0.25, -0.2) is 0 Å². The minimum Gasteiger partial charge on any atom is -0.461 e. The normalized spacial score (nSPS) is 14.9. The Morgan fingerprint density at radius 1 is 1.14 bits per heavy atom. The van der Waals surface area contributed by atoms with Gasteiger partial charge in [-0.15, -0.1) is 13.2 Å². The largest absolute Gasteiger partial charge is 0.489 e. The Morgan fingerprint density at radius 3 is 2.57 bits per heavy atom. The van der Waals surface area contributed by atoms with Crippen molar-refractivity contribution in [3.05, 3.63) is 36.7 Å². The third kappa shape index (κ3) is 1.41. The van der Waals surface area contributed by atoms with Crippen LogP contribution in [0.1, 0.15) is 0 Å². The third-order valence-electron chi connectivity index (χ3n) is 1.80. The summed E-state index contributed by atoms with van der Waals surface area (Å²) in [5.41, 5.74) is 0.00231. The van der Waals surface area contributed by atoms with Crippen LogP contribution in [0.25, 0.3) is 0 Å². The van der Waals surface area contributed by atoms with Gasteiger partial charge >= 0.3 is 6.30 Å². The molecular formula is C9H6F3NO. The molecule has 1 aromatic carbocycles. The fourth-order valence-corrected chi connectivity index (χ4v) is 1.22. The van der Waals surface area contributed by atoms with Gasteiger partial charge in [0.15, 0.2) is 5.75 Å². The quantitative estimate of drug-likeness (QED) is 0.598. The molecule has 0 saturated carbocycles. The molecule has 0 bridgehead atoms. The molecule has 74 valence electrons. The van der Waals surface area contributed by atoms with E-state index in [0.29, 0.717) is 0 Å². The Balaban J connectivity index is 2.46. The van der Waals surface area contributed by atoms with Crippen LogP contribution in [0, 0.1) is 0 Å². The monoisotopic (exact) mass is 201 g/mol. The van der Waals surface area contributed by atoms with Gasteiger partial charge in [-0.3, -0.25) is 4.90 Å². The number of para-hydroxylation sites is 2. The molecule has 2 rings (SSSR count). The van der Waals surface area contributed by atoms with E-state index in [0.717, 1.165) is 12.5 Å². The number of ether oxygens (including phenoxy) is 1. The molecule has 0 atom stereocenters. The van der Waals surface area contributed by atoms with Gasteiger partial charge < -0.3 is 4.74 Å². The summed E-state index contributed by atoms with van der Waals surface area (Å²) in [6, 6.07) is 5.98. The van der Waals surface area contributed by atoms with Crippen LogP contribution in [0.5, 0.6) is 5.75 Å². The summed E-state index contributed by atoms with van der Waals surface area (Å²) in [6.07, 6.45) is -2.56. The van der Waals surface area contributed by atoms with Crippen LogP contribution < -0.4 is 9.64 Å². The first-order chi connectivity index (χ1) is 6.59. The Kier molecular flexibility index (Phi) is 1.87. The lowest BCUT2D eigenvalue weighted by atomic mass is 10.2. The van der Waals surface area contributed by atoms with Crippen molar-refractivity contribution >= 4 is 5.69 Å². The van der Waals surface area contributed by atoms with Gasteiger partial charge in [0.1, 0.15) is 6.26 Å². The highest BCUT2D eigenvalue weighted by molar-refractivity contribution is 5.62. The molecule has 5 heteroatoms. The number of benzene rings is 1. The van der Waals surface area contributed by atoms with Gasteiger partial charge in [-0.05, 0) is 12.1 Å². The van der Waals surface area contributed by atoms with E-state index >= 15 is 0 Å². The van der Waals surface area contributed by atoms with Crippen molar-refractivity contribution in [1.82, 2.24) is 0 Å². The fraction of sp³-hybridized carbons (Fsp3) is 0.111. The standard InChI is InChI=1S/C9H6F3NO/c10-9(11,12)13-5-6-14-8-4-2-1-3-7(8)13/h1-6H. The van der Waals surface area contributed by atoms with E-state index in [2.05, 4.69) is 0 Å². The van der Waals surface area contributed by atoms with E-state index in [1.165, 1.54) is 18.2 Å². The number of nitrogens with zero attached hydrogens (tertiary/aromatic N) is 1. The number of fused-ring (bicyclic) bond motifs is 1. The van der Waals surface area contributed by atoms with E-state index in [4.69, 9.17) is 4.74 Å². The summed E-state index contributed by atoms with van der Waals surface area (Å²) in [5.74, 6) is 0.201. The van der Waals surface area contributed by atoms with Crippen LogP contribution in [0.15, 0.2) is 36.7 Å². The van der Waals surface area contributed by atoms with Crippen molar-refractivity contribution in [3.8, 4) is 5.75 Å². The van der Waals surface area contributed by atoms with Crippen molar-refractivity contribution in [1.29, 1.82) is 0 Å². The maximum atomic E-state index is 12.4. The highest BCUT2D eigenvalue weighted by Gasteiger charge is 2.38. The minimum atomic E-state index is -4.42. The van der Waals surface area contributed by atoms with Gasteiger partial charge in [0.2, 0.25) is 0 Å². The third-order valence-corrected chi connectivity index (χ3v) is 1.80. The lowest BCUT2D eigenvalue weighted by molar-refractivity contribution is -0.122. The molecule has 0 radical (unpaired) electrons. The SMILES string of the molecule is FC(F)(F)N1C=COc2ccccc21. The molecule has 0 aromatic heterocycles. The second-order valence-corrected chi connectivity index (χ2v) is 2.71. The zero-order chi connectivity index (χ0) is 10.2. The second kappa shape index (κ2) is 2.94. The van der Waals surface area contributed by atoms with Crippen LogP contribution in [-0.4, -0.2) is 6.30 Å². The first kappa shape index (κ1) is 8.93. The number of alkyl halides is 3. The summed E-state index contributed by atoms with van der Waals surface area (Å²) in [4.78, 5) is 0.214. The van der Waals surface area contributed by atoms with Gasteiger partial charge in [-0.2, -0.15) is 0 Å². The van der Waals surface area contributed by atoms with Crippen molar-refractivity contribution in [2.24, 2.45) is 0 Å². The lowest BCUT2D eigenvalue weighted by Crippen LogP contribution is -2.34. The van der Waals surface area contributed by atoms with Gasteiger partial charge in [0.25, 0.3) is 0 Å². The minimum absolute atomic E-state index is 0.00231. The summed E-state index contributed by atoms with van der Waals surface area (Å²) >= 11 is 0. The van der Waals surface area contributed by atoms with Crippen LogP contribution in [-0.2, 0) is 0 Å². The number of hydrogen-bond acceptors (Lipinski definition) is 2. The van der Waals surface area contributed by atoms with Gasteiger partial charge in [0.05, 0.1) is 5.69 Å². The first-order valence-electron chi connectivity index (χ1n) is 3.87. The highest BCUT2D eigenvalue weighted by atomic mass is 19.4. The number of hydrogen-bond donors (Lipinski definition) is 0. The van der Waals surface area contributed by atoms with Crippen molar-refractivity contribution in [2.75, 3.05) is 4.90 Å². The van der Waals surface area contributed by atoms with Gasteiger partial charge in [-0.1, -0.05) is 12.1 Å². The van der Waals surface area contributed by atoms with Crippen LogP contribution >= 0.6 is 0 Å². The molecule has 1 heterocycles. The van der Waals surface area contributed by atoms with Crippen LogP contribution in [0.4, 0.5) is 18.9 Å². The average Bonchev–Trinajstić information content (AvgIpc) is 2.15. The fourth-order valence-electron chi connectivity index (χ4n) is 1.22. The molecule has 0 unspecified atom stereocenters. The van der Waals surface area contributed by atoms with Crippen molar-refractivity contribution in [2.45, 2.75) is 6.30 Å². The number of halogens is 3. The molecular weight excluding hydrogens is 195 g/mol. The summed E-state index contributed by atoms with van der Waals surface area (Å²) in [7, 11) is 0. The zero-order valence-corrected chi connectivity index (χ0v) is 6.95. The molecule has 0 spiro atoms. The number of rotatable bonds is 0. The smallest absolute Gasteiger partial charge is 0.461 e. The molecule has 2 nitrogen and oxygen atoms in total. The van der Waals surface area contributed by atoms with Crippen LogP contribution in [0.3, 0.4) is 0 Å². The maximum Gasteiger partial charge on any atom is 0.489 e. The van der Waals surface area contributed by atoms with E-state index in [-0.39, 0.29) is 16.3 Å². The average molecular weight is 201 g/mol. The van der Waals surface area contributed by atoms with E-state index < -0.39 is 6.30 Å². The predicted molar refractivity (Wildman–Crippen MR) is 44.7 cm³/mol. The molecule has 0 saturated heterocycles. The molecule has 1 aliphatic heterocycles. The van der Waals surface area contributed by atoms with E-state index in [9.17, 15) is 13.2 Å². The Morgan fingerprint density at radius 2 is 1.86 bits per heavy atom. The molecule has 1 aromatic rings. The predicted octanol–water partition coefficient (Wildman–Crippen LogP) is 2.88. The van der Waals surface area contributed by atoms with Crippen molar-refractivity contribution < 1.29 is 17.9 Å². The molecule has 0 fully saturated rings. The van der Waals surface area contributed by atoms with Gasteiger partial charge in [0, 0.05) is 6.20 Å². The summed E-state index contributed by atoms with van der Waals surface area (Å²) < 4.78 is 42.2. The Bertz CT molecular complexity index is 373. The van der Waals surface area contributed by atoms with Crippen molar-refractivity contribution in [3.63, 3.8) is 0 Å². The zero-order valence-electron chi connectivity index (χ0n) is 6.95. The molecule has 0 amide bonds. The maximum absolute atomic E-state index is 12.4. The van der Waals surface area contributed by atoms with Crippen LogP contribution in [0.2, 0.25) is 0 Å². The Labute approximate surface area is 78.2 Å². The number of anilines is 1. The van der Waals surface area contributed by atoms with E-state index in [1.807, 2.05) is 0 Å². The summed E-state index contributed by atoms with van der Waals surface area (Å²) in [5, 5.41) is 0. The molecule has 1 aliphatic rings. The molecule has 14 heavy (non-hydrogen) atoms. The molecule has 0 N–H and O–H groups in total. The lowest BCUT2D eigenvalue weighted by Gasteiger charge is -2.27. The topological polar surface area (TPSA) is 12.5 Å². The molecule has 0 aliphatic carbocycles. The summed E-state index contributed by atoms with van der Waals surface area (Å²) in [6.45, 7) is 0. The Hall–Kier alpha value is -1.65.